The first kappa shape index (κ1) is 15.4. The summed E-state index contributed by atoms with van der Waals surface area (Å²) in [5, 5.41) is 0. The van der Waals surface area contributed by atoms with E-state index in [0.29, 0.717) is 0 Å². The molecule has 0 saturated carbocycles. The molecule has 1 aliphatic heterocycles. The van der Waals surface area contributed by atoms with Gasteiger partial charge in [0.05, 0.1) is 0 Å². The van der Waals surface area contributed by atoms with Crippen molar-refractivity contribution in [2.45, 2.75) is 59.8 Å². The van der Waals surface area contributed by atoms with Gasteiger partial charge in [-0.3, -0.25) is 0 Å². The van der Waals surface area contributed by atoms with Crippen LogP contribution in [-0.4, -0.2) is 25.0 Å². The molecule has 1 heteroatoms. The normalized spacial score (nSPS) is 18.2. The monoisotopic (exact) mass is 187 g/mol. The molecule has 0 aliphatic carbocycles. The maximum atomic E-state index is 2.44. The summed E-state index contributed by atoms with van der Waals surface area (Å²) in [5.74, 6) is 0. The summed E-state index contributed by atoms with van der Waals surface area (Å²) in [6.07, 6.45) is 7.19. The van der Waals surface area contributed by atoms with Crippen LogP contribution < -0.4 is 0 Å². The Morgan fingerprint density at radius 3 is 1.31 bits per heavy atom. The van der Waals surface area contributed by atoms with E-state index < -0.39 is 0 Å². The van der Waals surface area contributed by atoms with Crippen molar-refractivity contribution < 1.29 is 0 Å². The summed E-state index contributed by atoms with van der Waals surface area (Å²) in [6.45, 7) is 10.6. The van der Waals surface area contributed by atoms with Crippen LogP contribution in [0.25, 0.3) is 0 Å². The third-order valence-electron chi connectivity index (χ3n) is 2.08. The van der Waals surface area contributed by atoms with Gasteiger partial charge in [0.15, 0.2) is 0 Å². The molecular weight excluding hydrogens is 158 g/mol. The van der Waals surface area contributed by atoms with Crippen molar-refractivity contribution in [1.82, 2.24) is 4.90 Å². The van der Waals surface area contributed by atoms with Crippen LogP contribution in [0.15, 0.2) is 0 Å². The van der Waals surface area contributed by atoms with E-state index in [1.807, 2.05) is 27.7 Å². The SMILES string of the molecule is CC.CC.CN1CCCCCCC1. The van der Waals surface area contributed by atoms with Gasteiger partial charge < -0.3 is 4.90 Å². The molecule has 0 N–H and O–H groups in total. The summed E-state index contributed by atoms with van der Waals surface area (Å²) < 4.78 is 0. The molecule has 0 aromatic carbocycles. The fourth-order valence-corrected chi connectivity index (χ4v) is 1.41. The lowest BCUT2D eigenvalue weighted by molar-refractivity contribution is 0.297. The van der Waals surface area contributed by atoms with E-state index in [0.717, 1.165) is 0 Å². The number of hydrogen-bond acceptors (Lipinski definition) is 1. The zero-order valence-electron chi connectivity index (χ0n) is 10.4. The predicted octanol–water partition coefficient (Wildman–Crippen LogP) is 3.93. The lowest BCUT2D eigenvalue weighted by Gasteiger charge is -2.18. The molecule has 1 rings (SSSR count). The summed E-state index contributed by atoms with van der Waals surface area (Å²) in [4.78, 5) is 2.44. The van der Waals surface area contributed by atoms with Gasteiger partial charge in [-0.1, -0.05) is 47.0 Å². The van der Waals surface area contributed by atoms with Crippen molar-refractivity contribution in [2.24, 2.45) is 0 Å². The van der Waals surface area contributed by atoms with Gasteiger partial charge in [-0.25, -0.2) is 0 Å². The second kappa shape index (κ2) is 14.5. The molecule has 0 aromatic heterocycles. The van der Waals surface area contributed by atoms with E-state index in [9.17, 15) is 0 Å². The molecule has 1 aliphatic rings. The third-order valence-corrected chi connectivity index (χ3v) is 2.08. The molecule has 0 amide bonds. The van der Waals surface area contributed by atoms with Crippen LogP contribution in [0.1, 0.15) is 59.8 Å². The van der Waals surface area contributed by atoms with Gasteiger partial charge in [0.25, 0.3) is 0 Å². The molecule has 82 valence electrons. The zero-order chi connectivity index (χ0) is 10.5. The highest BCUT2D eigenvalue weighted by molar-refractivity contribution is 4.56. The molecular formula is C12H29N. The number of hydrogen-bond donors (Lipinski definition) is 0. The van der Waals surface area contributed by atoms with Crippen LogP contribution in [0.3, 0.4) is 0 Å². The van der Waals surface area contributed by atoms with Crippen molar-refractivity contribution in [2.75, 3.05) is 20.1 Å². The largest absolute Gasteiger partial charge is 0.306 e. The molecule has 0 aromatic rings. The number of nitrogens with zero attached hydrogens (tertiary/aromatic N) is 1. The average molecular weight is 187 g/mol. The minimum absolute atomic E-state index is 1.32. The van der Waals surface area contributed by atoms with E-state index in [1.54, 1.807) is 0 Å². The van der Waals surface area contributed by atoms with Crippen LogP contribution >= 0.6 is 0 Å². The molecule has 1 nitrogen and oxygen atoms in total. The maximum absolute atomic E-state index is 2.44. The average Bonchev–Trinajstić information content (AvgIpc) is 2.18. The first-order valence-electron chi connectivity index (χ1n) is 6.08. The van der Waals surface area contributed by atoms with E-state index in [2.05, 4.69) is 11.9 Å². The Kier molecular flexibility index (Phi) is 17.2. The second-order valence-electron chi connectivity index (χ2n) is 3.07. The minimum Gasteiger partial charge on any atom is -0.306 e. The van der Waals surface area contributed by atoms with Gasteiger partial charge in [-0.15, -0.1) is 0 Å². The molecule has 1 fully saturated rings. The lowest BCUT2D eigenvalue weighted by Crippen LogP contribution is -2.22. The van der Waals surface area contributed by atoms with Gasteiger partial charge >= 0.3 is 0 Å². The van der Waals surface area contributed by atoms with Crippen LogP contribution in [0.4, 0.5) is 0 Å². The smallest absolute Gasteiger partial charge is 0.00218 e. The van der Waals surface area contributed by atoms with Crippen molar-refractivity contribution in [1.29, 1.82) is 0 Å². The van der Waals surface area contributed by atoms with E-state index in [1.165, 1.54) is 45.2 Å². The highest BCUT2D eigenvalue weighted by atomic mass is 15.1. The Morgan fingerprint density at radius 2 is 0.923 bits per heavy atom. The van der Waals surface area contributed by atoms with Crippen LogP contribution in [0.2, 0.25) is 0 Å². The van der Waals surface area contributed by atoms with Crippen molar-refractivity contribution in [3.8, 4) is 0 Å². The Bertz CT molecular complexity index is 63.5. The fourth-order valence-electron chi connectivity index (χ4n) is 1.41. The Hall–Kier alpha value is -0.0400. The zero-order valence-corrected chi connectivity index (χ0v) is 10.4. The number of rotatable bonds is 0. The van der Waals surface area contributed by atoms with Crippen LogP contribution in [0, 0.1) is 0 Å². The van der Waals surface area contributed by atoms with Crippen LogP contribution in [0.5, 0.6) is 0 Å². The first-order valence-corrected chi connectivity index (χ1v) is 6.08. The third kappa shape index (κ3) is 12.0. The van der Waals surface area contributed by atoms with Crippen LogP contribution in [-0.2, 0) is 0 Å². The molecule has 0 unspecified atom stereocenters. The summed E-state index contributed by atoms with van der Waals surface area (Å²) in [6, 6.07) is 0. The topological polar surface area (TPSA) is 3.24 Å². The Labute approximate surface area is 85.5 Å². The Balaban J connectivity index is 0. The molecule has 0 atom stereocenters. The second-order valence-corrected chi connectivity index (χ2v) is 3.07. The summed E-state index contributed by atoms with van der Waals surface area (Å²) in [7, 11) is 2.23. The van der Waals surface area contributed by atoms with Gasteiger partial charge in [-0.2, -0.15) is 0 Å². The van der Waals surface area contributed by atoms with E-state index >= 15 is 0 Å². The molecule has 0 spiro atoms. The first-order chi connectivity index (χ1) is 6.39. The molecule has 13 heavy (non-hydrogen) atoms. The van der Waals surface area contributed by atoms with E-state index in [4.69, 9.17) is 0 Å². The van der Waals surface area contributed by atoms with Gasteiger partial charge in [-0.05, 0) is 33.0 Å². The molecule has 1 saturated heterocycles. The molecule has 0 bridgehead atoms. The molecule has 0 radical (unpaired) electrons. The Morgan fingerprint density at radius 1 is 0.615 bits per heavy atom. The van der Waals surface area contributed by atoms with Crippen molar-refractivity contribution in [3.63, 3.8) is 0 Å². The van der Waals surface area contributed by atoms with Crippen molar-refractivity contribution >= 4 is 0 Å². The quantitative estimate of drug-likeness (QED) is 0.555. The predicted molar refractivity (Wildman–Crippen MR) is 63.3 cm³/mol. The molecule has 1 heterocycles. The fraction of sp³-hybridized carbons (Fsp3) is 1.00. The standard InChI is InChI=1S/C8H17N.2C2H6/c1-9-7-5-3-2-4-6-8-9;2*1-2/h2-8H2,1H3;2*1-2H3. The summed E-state index contributed by atoms with van der Waals surface area (Å²) >= 11 is 0. The lowest BCUT2D eigenvalue weighted by atomic mass is 10.1. The van der Waals surface area contributed by atoms with Gasteiger partial charge in [0.1, 0.15) is 0 Å². The van der Waals surface area contributed by atoms with Gasteiger partial charge in [0.2, 0.25) is 0 Å². The van der Waals surface area contributed by atoms with E-state index in [-0.39, 0.29) is 0 Å². The number of likely N-dealkylation sites (tertiary alicyclic amines) is 1. The highest BCUT2D eigenvalue weighted by Gasteiger charge is 2.01. The van der Waals surface area contributed by atoms with Crippen molar-refractivity contribution in [3.05, 3.63) is 0 Å². The minimum atomic E-state index is 1.32. The maximum Gasteiger partial charge on any atom is -0.00218 e. The highest BCUT2D eigenvalue weighted by Crippen LogP contribution is 2.08. The van der Waals surface area contributed by atoms with Gasteiger partial charge in [0, 0.05) is 0 Å². The summed E-state index contributed by atoms with van der Waals surface area (Å²) in [5.41, 5.74) is 0.